The van der Waals surface area contributed by atoms with E-state index in [2.05, 4.69) is 19.2 Å². The number of hydrogen-bond donors (Lipinski definition) is 2. The zero-order valence-corrected chi connectivity index (χ0v) is 9.49. The van der Waals surface area contributed by atoms with Gasteiger partial charge >= 0.3 is 0 Å². The molecule has 78 valence electrons. The van der Waals surface area contributed by atoms with E-state index in [1.165, 1.54) is 12.8 Å². The standard InChI is InChI=1S/C10H21NOS/c1-3-4-9(2)11-7-10(12)5-6-13-8-10/h9,11-12H,3-8H2,1-2H3. The van der Waals surface area contributed by atoms with Gasteiger partial charge in [0.05, 0.1) is 5.60 Å². The van der Waals surface area contributed by atoms with Gasteiger partial charge in [-0.1, -0.05) is 13.3 Å². The molecule has 1 heterocycles. The van der Waals surface area contributed by atoms with Crippen LogP contribution in [-0.2, 0) is 0 Å². The Kier molecular flexibility index (Phi) is 4.56. The van der Waals surface area contributed by atoms with Gasteiger partial charge in [0, 0.05) is 18.3 Å². The van der Waals surface area contributed by atoms with Crippen molar-refractivity contribution in [2.24, 2.45) is 0 Å². The van der Waals surface area contributed by atoms with Crippen LogP contribution < -0.4 is 5.32 Å². The molecule has 0 saturated carbocycles. The van der Waals surface area contributed by atoms with Crippen LogP contribution >= 0.6 is 11.8 Å². The fraction of sp³-hybridized carbons (Fsp3) is 1.00. The van der Waals surface area contributed by atoms with E-state index >= 15 is 0 Å². The van der Waals surface area contributed by atoms with Gasteiger partial charge in [0.1, 0.15) is 0 Å². The first kappa shape index (κ1) is 11.3. The second-order valence-electron chi connectivity index (χ2n) is 4.10. The molecule has 1 rings (SSSR count). The molecule has 1 saturated heterocycles. The average Bonchev–Trinajstić information content (AvgIpc) is 2.51. The summed E-state index contributed by atoms with van der Waals surface area (Å²) < 4.78 is 0. The van der Waals surface area contributed by atoms with Crippen molar-refractivity contribution in [2.45, 2.75) is 44.8 Å². The lowest BCUT2D eigenvalue weighted by Crippen LogP contribution is -2.43. The van der Waals surface area contributed by atoms with Gasteiger partial charge in [-0.3, -0.25) is 0 Å². The maximum atomic E-state index is 10.0. The Morgan fingerprint density at radius 3 is 2.92 bits per heavy atom. The van der Waals surface area contributed by atoms with Crippen molar-refractivity contribution < 1.29 is 5.11 Å². The summed E-state index contributed by atoms with van der Waals surface area (Å²) in [4.78, 5) is 0. The summed E-state index contributed by atoms with van der Waals surface area (Å²) in [5.74, 6) is 2.01. The van der Waals surface area contributed by atoms with E-state index in [0.717, 1.165) is 24.5 Å². The van der Waals surface area contributed by atoms with Gasteiger partial charge in [0.25, 0.3) is 0 Å². The van der Waals surface area contributed by atoms with Crippen LogP contribution in [0.25, 0.3) is 0 Å². The smallest absolute Gasteiger partial charge is 0.0869 e. The molecule has 0 aromatic rings. The molecule has 0 aliphatic carbocycles. The molecular weight excluding hydrogens is 182 g/mol. The van der Waals surface area contributed by atoms with Crippen molar-refractivity contribution in [3.8, 4) is 0 Å². The maximum Gasteiger partial charge on any atom is 0.0869 e. The highest BCUT2D eigenvalue weighted by atomic mass is 32.2. The van der Waals surface area contributed by atoms with Crippen molar-refractivity contribution >= 4 is 11.8 Å². The molecule has 3 heteroatoms. The summed E-state index contributed by atoms with van der Waals surface area (Å²) in [7, 11) is 0. The predicted molar refractivity (Wildman–Crippen MR) is 59.3 cm³/mol. The van der Waals surface area contributed by atoms with Crippen LogP contribution in [-0.4, -0.2) is 34.8 Å². The molecule has 2 atom stereocenters. The first-order valence-corrected chi connectivity index (χ1v) is 6.35. The van der Waals surface area contributed by atoms with E-state index in [1.807, 2.05) is 11.8 Å². The van der Waals surface area contributed by atoms with Crippen molar-refractivity contribution in [1.29, 1.82) is 0 Å². The summed E-state index contributed by atoms with van der Waals surface area (Å²) in [5, 5.41) is 13.4. The van der Waals surface area contributed by atoms with Gasteiger partial charge in [-0.2, -0.15) is 11.8 Å². The highest BCUT2D eigenvalue weighted by molar-refractivity contribution is 7.99. The van der Waals surface area contributed by atoms with Gasteiger partial charge in [0.2, 0.25) is 0 Å². The lowest BCUT2D eigenvalue weighted by Gasteiger charge is -2.24. The van der Waals surface area contributed by atoms with E-state index in [1.54, 1.807) is 0 Å². The molecule has 1 aliphatic rings. The molecule has 0 aromatic heterocycles. The predicted octanol–water partition coefficient (Wildman–Crippen LogP) is 1.63. The van der Waals surface area contributed by atoms with Gasteiger partial charge < -0.3 is 10.4 Å². The first-order valence-electron chi connectivity index (χ1n) is 5.20. The number of aliphatic hydroxyl groups is 1. The van der Waals surface area contributed by atoms with Crippen LogP contribution in [0.5, 0.6) is 0 Å². The maximum absolute atomic E-state index is 10.0. The van der Waals surface area contributed by atoms with Crippen molar-refractivity contribution in [3.63, 3.8) is 0 Å². The molecule has 0 aromatic carbocycles. The number of nitrogens with one attached hydrogen (secondary N) is 1. The third kappa shape index (κ3) is 3.88. The SMILES string of the molecule is CCCC(C)NCC1(O)CCSC1. The van der Waals surface area contributed by atoms with Crippen LogP contribution in [0.1, 0.15) is 33.1 Å². The largest absolute Gasteiger partial charge is 0.388 e. The fourth-order valence-electron chi connectivity index (χ4n) is 1.64. The molecule has 13 heavy (non-hydrogen) atoms. The first-order chi connectivity index (χ1) is 6.16. The summed E-state index contributed by atoms with van der Waals surface area (Å²) >= 11 is 1.86. The van der Waals surface area contributed by atoms with Crippen LogP contribution in [0.15, 0.2) is 0 Å². The van der Waals surface area contributed by atoms with Crippen LogP contribution in [0, 0.1) is 0 Å². The summed E-state index contributed by atoms with van der Waals surface area (Å²) in [6, 6.07) is 0.541. The van der Waals surface area contributed by atoms with Gasteiger partial charge in [0.15, 0.2) is 0 Å². The molecule has 2 N–H and O–H groups in total. The minimum atomic E-state index is -0.424. The average molecular weight is 203 g/mol. The van der Waals surface area contributed by atoms with Crippen molar-refractivity contribution in [2.75, 3.05) is 18.1 Å². The second-order valence-corrected chi connectivity index (χ2v) is 5.20. The quantitative estimate of drug-likeness (QED) is 0.712. The van der Waals surface area contributed by atoms with Crippen LogP contribution in [0.4, 0.5) is 0 Å². The molecule has 0 spiro atoms. The monoisotopic (exact) mass is 203 g/mol. The molecule has 1 aliphatic heterocycles. The lowest BCUT2D eigenvalue weighted by atomic mass is 10.0. The highest BCUT2D eigenvalue weighted by Gasteiger charge is 2.31. The zero-order valence-electron chi connectivity index (χ0n) is 8.68. The van der Waals surface area contributed by atoms with Gasteiger partial charge in [-0.05, 0) is 25.5 Å². The number of rotatable bonds is 5. The molecule has 2 nitrogen and oxygen atoms in total. The van der Waals surface area contributed by atoms with Crippen LogP contribution in [0.3, 0.4) is 0 Å². The van der Waals surface area contributed by atoms with Crippen molar-refractivity contribution in [1.82, 2.24) is 5.32 Å². The Morgan fingerprint density at radius 1 is 1.62 bits per heavy atom. The summed E-state index contributed by atoms with van der Waals surface area (Å²) in [6.45, 7) is 5.15. The minimum Gasteiger partial charge on any atom is -0.388 e. The third-order valence-electron chi connectivity index (χ3n) is 2.58. The topological polar surface area (TPSA) is 32.3 Å². The van der Waals surface area contributed by atoms with E-state index in [9.17, 15) is 5.11 Å². The van der Waals surface area contributed by atoms with E-state index < -0.39 is 5.60 Å². The van der Waals surface area contributed by atoms with Crippen molar-refractivity contribution in [3.05, 3.63) is 0 Å². The Balaban J connectivity index is 2.17. The number of thioether (sulfide) groups is 1. The molecule has 2 unspecified atom stereocenters. The molecule has 0 amide bonds. The zero-order chi connectivity index (χ0) is 9.73. The summed E-state index contributed by atoms with van der Waals surface area (Å²) in [5.41, 5.74) is -0.424. The van der Waals surface area contributed by atoms with Gasteiger partial charge in [-0.15, -0.1) is 0 Å². The Labute approximate surface area is 85.5 Å². The van der Waals surface area contributed by atoms with E-state index in [-0.39, 0.29) is 0 Å². The molecular formula is C10H21NOS. The molecule has 0 radical (unpaired) electrons. The molecule has 0 bridgehead atoms. The summed E-state index contributed by atoms with van der Waals surface area (Å²) in [6.07, 6.45) is 3.36. The minimum absolute atomic E-state index is 0.424. The van der Waals surface area contributed by atoms with Crippen LogP contribution in [0.2, 0.25) is 0 Å². The Morgan fingerprint density at radius 2 is 2.38 bits per heavy atom. The third-order valence-corrected chi connectivity index (χ3v) is 3.82. The highest BCUT2D eigenvalue weighted by Crippen LogP contribution is 2.27. The normalized spacial score (nSPS) is 30.7. The Bertz CT molecular complexity index is 146. The van der Waals surface area contributed by atoms with E-state index in [0.29, 0.717) is 6.04 Å². The molecule has 1 fully saturated rings. The van der Waals surface area contributed by atoms with Gasteiger partial charge in [-0.25, -0.2) is 0 Å². The number of hydrogen-bond acceptors (Lipinski definition) is 3. The Hall–Kier alpha value is 0.270. The van der Waals surface area contributed by atoms with E-state index in [4.69, 9.17) is 0 Å². The second kappa shape index (κ2) is 5.23. The lowest BCUT2D eigenvalue weighted by molar-refractivity contribution is 0.0648. The fourth-order valence-corrected chi connectivity index (χ4v) is 2.93.